The first-order valence-corrected chi connectivity index (χ1v) is 10.6. The van der Waals surface area contributed by atoms with Gasteiger partial charge in [0.25, 0.3) is 11.8 Å². The highest BCUT2D eigenvalue weighted by atomic mass is 79.9. The zero-order valence-corrected chi connectivity index (χ0v) is 18.0. The number of carbonyl (C=O) groups excluding carboxylic acids is 3. The van der Waals surface area contributed by atoms with Gasteiger partial charge in [0.15, 0.2) is 6.61 Å². The number of aromatic nitrogens is 2. The van der Waals surface area contributed by atoms with Crippen LogP contribution in [0.15, 0.2) is 33.3 Å². The zero-order chi connectivity index (χ0) is 21.3. The SMILES string of the molecule is CC1CCCCC12NC(=O)N(CC(=O)OCc1nc(-c3cccc(Br)c3)no1)C2=O. The Hall–Kier alpha value is -2.75. The quantitative estimate of drug-likeness (QED) is 0.520. The minimum atomic E-state index is -0.902. The fraction of sp³-hybridized carbons (Fsp3) is 0.450. The largest absolute Gasteiger partial charge is 0.454 e. The summed E-state index contributed by atoms with van der Waals surface area (Å²) >= 11 is 3.38. The second-order valence-corrected chi connectivity index (χ2v) is 8.54. The molecule has 0 radical (unpaired) electrons. The maximum atomic E-state index is 12.9. The van der Waals surface area contributed by atoms with E-state index in [-0.39, 0.29) is 24.3 Å². The molecule has 1 aromatic carbocycles. The van der Waals surface area contributed by atoms with Gasteiger partial charge in [-0.25, -0.2) is 4.79 Å². The molecule has 2 aliphatic rings. The van der Waals surface area contributed by atoms with Crippen LogP contribution in [-0.2, 0) is 20.9 Å². The Bertz CT molecular complexity index is 993. The van der Waals surface area contributed by atoms with Crippen LogP contribution in [0.5, 0.6) is 0 Å². The monoisotopic (exact) mass is 476 g/mol. The maximum Gasteiger partial charge on any atom is 0.326 e. The lowest BCUT2D eigenvalue weighted by Crippen LogP contribution is -2.54. The van der Waals surface area contributed by atoms with Crippen LogP contribution in [0.1, 0.15) is 38.5 Å². The number of nitrogens with one attached hydrogen (secondary N) is 1. The normalized spacial score (nSPS) is 23.7. The fourth-order valence-electron chi connectivity index (χ4n) is 4.01. The molecule has 158 valence electrons. The first-order valence-electron chi connectivity index (χ1n) is 9.77. The molecular weight excluding hydrogens is 456 g/mol. The summed E-state index contributed by atoms with van der Waals surface area (Å²) < 4.78 is 11.1. The Morgan fingerprint density at radius 3 is 3.00 bits per heavy atom. The topological polar surface area (TPSA) is 115 Å². The molecule has 2 heterocycles. The molecule has 1 spiro atoms. The molecule has 1 aliphatic carbocycles. The van der Waals surface area contributed by atoms with Crippen LogP contribution < -0.4 is 5.32 Å². The third-order valence-corrected chi connectivity index (χ3v) is 6.19. The van der Waals surface area contributed by atoms with Crippen molar-refractivity contribution >= 4 is 33.8 Å². The molecule has 0 bridgehead atoms. The number of halogens is 1. The molecule has 9 nitrogen and oxygen atoms in total. The van der Waals surface area contributed by atoms with Crippen molar-refractivity contribution in [3.63, 3.8) is 0 Å². The summed E-state index contributed by atoms with van der Waals surface area (Å²) in [6, 6.07) is 6.82. The molecule has 1 aromatic heterocycles. The molecule has 1 saturated carbocycles. The van der Waals surface area contributed by atoms with Crippen molar-refractivity contribution in [1.82, 2.24) is 20.4 Å². The van der Waals surface area contributed by atoms with Crippen molar-refractivity contribution in [2.45, 2.75) is 44.8 Å². The van der Waals surface area contributed by atoms with Crippen molar-refractivity contribution in [1.29, 1.82) is 0 Å². The lowest BCUT2D eigenvalue weighted by molar-refractivity contribution is -0.150. The molecule has 2 atom stereocenters. The van der Waals surface area contributed by atoms with Crippen LogP contribution >= 0.6 is 15.9 Å². The van der Waals surface area contributed by atoms with Gasteiger partial charge >= 0.3 is 12.0 Å². The Morgan fingerprint density at radius 2 is 2.23 bits per heavy atom. The smallest absolute Gasteiger partial charge is 0.326 e. The summed E-state index contributed by atoms with van der Waals surface area (Å²) in [7, 11) is 0. The summed E-state index contributed by atoms with van der Waals surface area (Å²) in [4.78, 5) is 42.6. The predicted octanol–water partition coefficient (Wildman–Crippen LogP) is 3.04. The Balaban J connectivity index is 1.35. The van der Waals surface area contributed by atoms with Crippen molar-refractivity contribution in [3.05, 3.63) is 34.6 Å². The van der Waals surface area contributed by atoms with Gasteiger partial charge in [-0.05, 0) is 30.9 Å². The van der Waals surface area contributed by atoms with Gasteiger partial charge in [-0.1, -0.05) is 53.0 Å². The number of urea groups is 1. The lowest BCUT2D eigenvalue weighted by atomic mass is 9.73. The number of rotatable bonds is 5. The second kappa shape index (κ2) is 8.17. The number of nitrogens with zero attached hydrogens (tertiary/aromatic N) is 3. The molecule has 1 saturated heterocycles. The number of benzene rings is 1. The molecule has 3 amide bonds. The van der Waals surface area contributed by atoms with E-state index in [4.69, 9.17) is 9.26 Å². The van der Waals surface area contributed by atoms with E-state index in [1.807, 2.05) is 31.2 Å². The number of carbonyl (C=O) groups is 3. The van der Waals surface area contributed by atoms with E-state index in [0.717, 1.165) is 34.2 Å². The number of hydrogen-bond donors (Lipinski definition) is 1. The van der Waals surface area contributed by atoms with E-state index in [0.29, 0.717) is 12.2 Å². The lowest BCUT2D eigenvalue weighted by Gasteiger charge is -2.36. The average molecular weight is 477 g/mol. The summed E-state index contributed by atoms with van der Waals surface area (Å²) in [6.07, 6.45) is 3.35. The van der Waals surface area contributed by atoms with Gasteiger partial charge in [0.1, 0.15) is 12.1 Å². The van der Waals surface area contributed by atoms with Crippen LogP contribution in [0, 0.1) is 5.92 Å². The van der Waals surface area contributed by atoms with E-state index < -0.39 is 24.1 Å². The first kappa shape index (κ1) is 20.5. The van der Waals surface area contributed by atoms with Crippen molar-refractivity contribution in [2.24, 2.45) is 5.92 Å². The van der Waals surface area contributed by atoms with E-state index in [1.54, 1.807) is 0 Å². The summed E-state index contributed by atoms with van der Waals surface area (Å²) in [5.74, 6) is -0.566. The number of amides is 3. The third-order valence-electron chi connectivity index (χ3n) is 5.70. The average Bonchev–Trinajstić information content (AvgIpc) is 3.28. The number of hydrogen-bond acceptors (Lipinski definition) is 7. The molecule has 2 unspecified atom stereocenters. The molecule has 10 heteroatoms. The minimum absolute atomic E-state index is 0.0264. The van der Waals surface area contributed by atoms with Gasteiger partial charge < -0.3 is 14.6 Å². The Labute approximate surface area is 181 Å². The fourth-order valence-corrected chi connectivity index (χ4v) is 4.41. The van der Waals surface area contributed by atoms with Crippen molar-refractivity contribution < 1.29 is 23.6 Å². The third kappa shape index (κ3) is 3.83. The van der Waals surface area contributed by atoms with Crippen molar-refractivity contribution in [3.8, 4) is 11.4 Å². The highest BCUT2D eigenvalue weighted by molar-refractivity contribution is 9.10. The van der Waals surface area contributed by atoms with Crippen molar-refractivity contribution in [2.75, 3.05) is 6.54 Å². The van der Waals surface area contributed by atoms with Gasteiger partial charge in [0, 0.05) is 10.0 Å². The van der Waals surface area contributed by atoms with E-state index >= 15 is 0 Å². The summed E-state index contributed by atoms with van der Waals surface area (Å²) in [5, 5.41) is 6.68. The van der Waals surface area contributed by atoms with Crippen LogP contribution in [-0.4, -0.2) is 45.0 Å². The first-order chi connectivity index (χ1) is 14.4. The molecule has 30 heavy (non-hydrogen) atoms. The van der Waals surface area contributed by atoms with Crippen LogP contribution in [0.2, 0.25) is 0 Å². The highest BCUT2D eigenvalue weighted by Gasteiger charge is 2.55. The molecule has 1 aliphatic heterocycles. The summed E-state index contributed by atoms with van der Waals surface area (Å²) in [6.45, 7) is 1.26. The maximum absolute atomic E-state index is 12.9. The van der Waals surface area contributed by atoms with Crippen LogP contribution in [0.4, 0.5) is 4.79 Å². The zero-order valence-electron chi connectivity index (χ0n) is 16.4. The second-order valence-electron chi connectivity index (χ2n) is 7.62. The number of ether oxygens (including phenoxy) is 1. The minimum Gasteiger partial charge on any atom is -0.454 e. The van der Waals surface area contributed by atoms with E-state index in [1.165, 1.54) is 0 Å². The standard InChI is InChI=1S/C20H21BrN4O5/c1-12-5-2-3-8-20(12)18(27)25(19(28)23-20)10-16(26)29-11-15-22-17(24-30-15)13-6-4-7-14(21)9-13/h4,6-7,9,12H,2-3,5,8,10-11H2,1H3,(H,23,28). The number of esters is 1. The van der Waals surface area contributed by atoms with Gasteiger partial charge in [-0.2, -0.15) is 4.98 Å². The van der Waals surface area contributed by atoms with Gasteiger partial charge in [-0.3, -0.25) is 14.5 Å². The predicted molar refractivity (Wildman–Crippen MR) is 108 cm³/mol. The van der Waals surface area contributed by atoms with Crippen LogP contribution in [0.25, 0.3) is 11.4 Å². The van der Waals surface area contributed by atoms with Crippen LogP contribution in [0.3, 0.4) is 0 Å². The van der Waals surface area contributed by atoms with E-state index in [2.05, 4.69) is 31.4 Å². The molecule has 4 rings (SSSR count). The Kier molecular flexibility index (Phi) is 5.59. The van der Waals surface area contributed by atoms with Gasteiger partial charge in [0.2, 0.25) is 5.82 Å². The van der Waals surface area contributed by atoms with Gasteiger partial charge in [0.05, 0.1) is 0 Å². The molecule has 1 N–H and O–H groups in total. The van der Waals surface area contributed by atoms with E-state index in [9.17, 15) is 14.4 Å². The molecular formula is C20H21BrN4O5. The van der Waals surface area contributed by atoms with Gasteiger partial charge in [-0.15, -0.1) is 0 Å². The summed E-state index contributed by atoms with van der Waals surface area (Å²) in [5.41, 5.74) is -0.155. The number of imide groups is 1. The molecule has 2 aromatic rings. The molecule has 2 fully saturated rings. The highest BCUT2D eigenvalue weighted by Crippen LogP contribution is 2.38. The Morgan fingerprint density at radius 1 is 1.40 bits per heavy atom.